The molecule has 4 heterocycles. The highest BCUT2D eigenvalue weighted by molar-refractivity contribution is 7.13. The number of fused-ring (bicyclic) bond motifs is 2. The lowest BCUT2D eigenvalue weighted by atomic mass is 10.1. The van der Waals surface area contributed by atoms with Gasteiger partial charge in [-0.25, -0.2) is 19.9 Å². The summed E-state index contributed by atoms with van der Waals surface area (Å²) in [6, 6.07) is 9.85. The lowest BCUT2D eigenvalue weighted by Gasteiger charge is -2.15. The first-order valence-electron chi connectivity index (χ1n) is 16.9. The van der Waals surface area contributed by atoms with Crippen LogP contribution in [0.2, 0.25) is 0 Å². The molecule has 0 N–H and O–H groups in total. The Kier molecular flexibility index (Phi) is 11.6. The van der Waals surface area contributed by atoms with E-state index in [4.69, 9.17) is 33.9 Å². The summed E-state index contributed by atoms with van der Waals surface area (Å²) in [4.78, 5) is 23.7. The van der Waals surface area contributed by atoms with E-state index in [9.17, 15) is 0 Å². The third-order valence-electron chi connectivity index (χ3n) is 7.97. The van der Waals surface area contributed by atoms with Gasteiger partial charge in [0.05, 0.1) is 54.2 Å². The van der Waals surface area contributed by atoms with Gasteiger partial charge in [0.1, 0.15) is 28.0 Å². The second-order valence-corrected chi connectivity index (χ2v) is 14.9. The van der Waals surface area contributed by atoms with Crippen LogP contribution in [0.25, 0.3) is 43.3 Å². The first kappa shape index (κ1) is 36.9. The van der Waals surface area contributed by atoms with Crippen LogP contribution in [0.3, 0.4) is 0 Å². The van der Waals surface area contributed by atoms with E-state index >= 15 is 0 Å². The molecule has 0 aliphatic rings. The lowest BCUT2D eigenvalue weighted by Crippen LogP contribution is -2.09. The molecule has 0 aliphatic heterocycles. The first-order valence-corrected chi connectivity index (χ1v) is 18.7. The maximum Gasteiger partial charge on any atom is 0.225 e. The van der Waals surface area contributed by atoms with E-state index in [-0.39, 0.29) is 12.2 Å². The van der Waals surface area contributed by atoms with Crippen LogP contribution in [-0.4, -0.2) is 51.3 Å². The maximum absolute atomic E-state index is 6.07. The van der Waals surface area contributed by atoms with Gasteiger partial charge in [-0.15, -0.1) is 22.7 Å². The Bertz CT molecular complexity index is 1950. The Morgan fingerprint density at radius 2 is 1.08 bits per heavy atom. The Morgan fingerprint density at radius 3 is 1.60 bits per heavy atom. The van der Waals surface area contributed by atoms with Crippen molar-refractivity contribution < 1.29 is 18.9 Å². The quantitative estimate of drug-likeness (QED) is 0.137. The fraction of sp³-hybridized carbons (Fsp3) is 0.410. The van der Waals surface area contributed by atoms with E-state index in [1.165, 1.54) is 0 Å². The summed E-state index contributed by atoms with van der Waals surface area (Å²) >= 11 is 3.18. The molecule has 11 heteroatoms. The number of nitrogens with zero attached hydrogens (tertiary/aromatic N) is 5. The highest BCUT2D eigenvalue weighted by Gasteiger charge is 2.19. The van der Waals surface area contributed by atoms with Crippen molar-refractivity contribution in [3.05, 3.63) is 63.6 Å². The molecule has 264 valence electrons. The second kappa shape index (κ2) is 15.7. The van der Waals surface area contributed by atoms with Gasteiger partial charge in [0.2, 0.25) is 5.88 Å². The number of aromatic nitrogens is 5. The van der Waals surface area contributed by atoms with Gasteiger partial charge in [0, 0.05) is 33.3 Å². The summed E-state index contributed by atoms with van der Waals surface area (Å²) in [5.41, 5.74) is 6.70. The van der Waals surface area contributed by atoms with E-state index in [2.05, 4.69) is 48.4 Å². The van der Waals surface area contributed by atoms with Crippen LogP contribution >= 0.6 is 22.7 Å². The summed E-state index contributed by atoms with van der Waals surface area (Å²) in [5, 5.41) is 7.78. The van der Waals surface area contributed by atoms with Crippen molar-refractivity contribution in [2.24, 2.45) is 0 Å². The summed E-state index contributed by atoms with van der Waals surface area (Å²) in [7, 11) is 3.34. The summed E-state index contributed by atoms with van der Waals surface area (Å²) in [5.74, 6) is 4.42. The van der Waals surface area contributed by atoms with Crippen molar-refractivity contribution in [1.82, 2.24) is 24.9 Å². The van der Waals surface area contributed by atoms with Gasteiger partial charge in [-0.1, -0.05) is 27.7 Å². The zero-order valence-electron chi connectivity index (χ0n) is 31.0. The molecule has 2 aromatic carbocycles. The highest BCUT2D eigenvalue weighted by atomic mass is 32.1. The molecule has 6 rings (SSSR count). The smallest absolute Gasteiger partial charge is 0.225 e. The van der Waals surface area contributed by atoms with Crippen molar-refractivity contribution in [3.8, 4) is 44.7 Å². The van der Waals surface area contributed by atoms with E-state index in [0.29, 0.717) is 23.5 Å². The van der Waals surface area contributed by atoms with Crippen molar-refractivity contribution in [1.29, 1.82) is 0 Å². The molecule has 4 aromatic heterocycles. The van der Waals surface area contributed by atoms with Crippen LogP contribution in [0.1, 0.15) is 89.7 Å². The van der Waals surface area contributed by atoms with Crippen molar-refractivity contribution in [3.63, 3.8) is 0 Å². The van der Waals surface area contributed by atoms with Gasteiger partial charge < -0.3 is 18.9 Å². The molecule has 0 spiro atoms. The number of hydrogen-bond acceptors (Lipinski definition) is 11. The molecule has 0 saturated heterocycles. The number of hydrogen-bond donors (Lipinski definition) is 0. The van der Waals surface area contributed by atoms with Gasteiger partial charge in [-0.05, 0) is 77.6 Å². The summed E-state index contributed by atoms with van der Waals surface area (Å²) < 4.78 is 22.9. The molecule has 9 nitrogen and oxygen atoms in total. The van der Waals surface area contributed by atoms with Crippen LogP contribution in [0.4, 0.5) is 0 Å². The molecule has 6 aromatic rings. The van der Waals surface area contributed by atoms with E-state index in [1.54, 1.807) is 36.9 Å². The van der Waals surface area contributed by atoms with Crippen LogP contribution in [-0.2, 0) is 0 Å². The Balaban J connectivity index is 0.000000194. The number of thiazole rings is 2. The van der Waals surface area contributed by atoms with Crippen molar-refractivity contribution in [2.45, 2.75) is 93.3 Å². The van der Waals surface area contributed by atoms with Crippen LogP contribution in [0.15, 0.2) is 41.1 Å². The number of aryl methyl sites for hydroxylation is 2. The van der Waals surface area contributed by atoms with Crippen molar-refractivity contribution in [2.75, 3.05) is 14.2 Å². The van der Waals surface area contributed by atoms with Crippen LogP contribution < -0.4 is 18.9 Å². The molecule has 0 atom stereocenters. The SMILES string of the molecule is COc1ccc2c(OC(C)C)cc(-c3nc(C(C)C)cs3)nc2c1C.COc1ccc2c(OC(C)C)nc(-c3nc(C(C)C)cs3)nc2c1C. The molecule has 0 unspecified atom stereocenters. The van der Waals surface area contributed by atoms with Gasteiger partial charge >= 0.3 is 0 Å². The normalized spacial score (nSPS) is 11.5. The highest BCUT2D eigenvalue weighted by Crippen LogP contribution is 2.37. The summed E-state index contributed by atoms with van der Waals surface area (Å²) in [6.45, 7) is 20.6. The standard InChI is InChI=1S/C20H24N2O2S.C19H23N3O2S/c1-11(2)16-10-25-20(22-16)15-9-18(24-12(3)4)14-7-8-17(23-6)13(5)19(14)21-15;1-10(2)14-9-25-19(20-14)17-21-16-12(5)15(23-6)8-7-13(16)18(22-17)24-11(3)4/h7-12H,1-6H3;7-11H,1-6H3. The minimum atomic E-state index is 0.0240. The van der Waals surface area contributed by atoms with E-state index in [0.717, 1.165) is 77.3 Å². The Labute approximate surface area is 303 Å². The largest absolute Gasteiger partial charge is 0.496 e. The molecular weight excluding hydrogens is 667 g/mol. The zero-order valence-corrected chi connectivity index (χ0v) is 32.7. The minimum Gasteiger partial charge on any atom is -0.496 e. The summed E-state index contributed by atoms with van der Waals surface area (Å²) in [6.07, 6.45) is 0.110. The average molecular weight is 714 g/mol. The topological polar surface area (TPSA) is 101 Å². The van der Waals surface area contributed by atoms with Gasteiger partial charge in [-0.3, -0.25) is 0 Å². The number of methoxy groups -OCH3 is 2. The number of pyridine rings is 1. The van der Waals surface area contributed by atoms with Gasteiger partial charge in [0.25, 0.3) is 0 Å². The Hall–Kier alpha value is -4.35. The predicted octanol–water partition coefficient (Wildman–Crippen LogP) is 10.6. The minimum absolute atomic E-state index is 0.0240. The van der Waals surface area contributed by atoms with Crippen LogP contribution in [0.5, 0.6) is 23.1 Å². The fourth-order valence-corrected chi connectivity index (χ4v) is 7.15. The van der Waals surface area contributed by atoms with E-state index in [1.807, 2.05) is 71.9 Å². The zero-order chi connectivity index (χ0) is 36.3. The molecule has 0 saturated carbocycles. The third-order valence-corrected chi connectivity index (χ3v) is 9.71. The van der Waals surface area contributed by atoms with E-state index < -0.39 is 0 Å². The number of benzene rings is 2. The van der Waals surface area contributed by atoms with Crippen molar-refractivity contribution >= 4 is 44.5 Å². The maximum atomic E-state index is 6.07. The van der Waals surface area contributed by atoms with Gasteiger partial charge in [0.15, 0.2) is 10.8 Å². The molecule has 0 amide bonds. The molecule has 50 heavy (non-hydrogen) atoms. The molecule has 0 radical (unpaired) electrons. The lowest BCUT2D eigenvalue weighted by molar-refractivity contribution is 0.236. The van der Waals surface area contributed by atoms with Crippen LogP contribution in [0, 0.1) is 13.8 Å². The third kappa shape index (κ3) is 8.00. The molecule has 0 fully saturated rings. The molecule has 0 bridgehead atoms. The molecule has 0 aliphatic carbocycles. The first-order chi connectivity index (χ1) is 23.8. The van der Waals surface area contributed by atoms with Gasteiger partial charge in [-0.2, -0.15) is 4.98 Å². The molecular formula is C39H47N5O4S2. The average Bonchev–Trinajstić information content (AvgIpc) is 3.77. The monoisotopic (exact) mass is 713 g/mol. The predicted molar refractivity (Wildman–Crippen MR) is 206 cm³/mol. The second-order valence-electron chi connectivity index (χ2n) is 13.2. The Morgan fingerprint density at radius 1 is 0.560 bits per heavy atom. The number of rotatable bonds is 10. The fourth-order valence-electron chi connectivity index (χ4n) is 5.30. The number of ether oxygens (including phenoxy) is 4.